The molecule has 7 heteroatoms. The number of aromatic nitrogens is 4. The van der Waals surface area contributed by atoms with E-state index in [1.54, 1.807) is 18.6 Å². The van der Waals surface area contributed by atoms with Crippen LogP contribution in [0.3, 0.4) is 0 Å². The molecule has 3 aromatic rings. The molecule has 6 nitrogen and oxygen atoms in total. The number of rotatable bonds is 2. The smallest absolute Gasteiger partial charge is 0.165 e. The lowest BCUT2D eigenvalue weighted by Gasteiger charge is -2.06. The molecule has 3 aromatic heterocycles. The largest absolute Gasteiger partial charge is 0.346 e. The highest BCUT2D eigenvalue weighted by Gasteiger charge is 2.11. The summed E-state index contributed by atoms with van der Waals surface area (Å²) in [5, 5.41) is 0.955. The van der Waals surface area contributed by atoms with E-state index < -0.39 is 9.73 Å². The summed E-state index contributed by atoms with van der Waals surface area (Å²) in [6.45, 7) is 3.80. The number of H-pyrrole nitrogens is 1. The second kappa shape index (κ2) is 5.17. The van der Waals surface area contributed by atoms with Crippen LogP contribution in [-0.4, -0.2) is 36.7 Å². The molecule has 1 N–H and O–H groups in total. The zero-order valence-corrected chi connectivity index (χ0v) is 13.7. The number of hydrogen-bond donors (Lipinski definition) is 1. The van der Waals surface area contributed by atoms with Gasteiger partial charge in [-0.3, -0.25) is 0 Å². The van der Waals surface area contributed by atoms with Gasteiger partial charge >= 0.3 is 0 Å². The fraction of sp³-hybridized carbons (Fsp3) is 0.267. The van der Waals surface area contributed by atoms with E-state index in [9.17, 15) is 4.21 Å². The third-order valence-electron chi connectivity index (χ3n) is 3.05. The van der Waals surface area contributed by atoms with Crippen molar-refractivity contribution in [1.29, 1.82) is 0 Å². The van der Waals surface area contributed by atoms with Crippen LogP contribution in [0.1, 0.15) is 11.4 Å². The van der Waals surface area contributed by atoms with Crippen LogP contribution in [0.4, 0.5) is 5.82 Å². The normalized spacial score (nSPS) is 11.8. The third kappa shape index (κ3) is 2.99. The molecule has 0 saturated carbocycles. The first kappa shape index (κ1) is 14.6. The van der Waals surface area contributed by atoms with E-state index in [0.29, 0.717) is 11.6 Å². The van der Waals surface area contributed by atoms with Crippen molar-refractivity contribution in [3.8, 4) is 11.4 Å². The average molecular weight is 315 g/mol. The van der Waals surface area contributed by atoms with Gasteiger partial charge in [0.15, 0.2) is 11.6 Å². The highest BCUT2D eigenvalue weighted by Crippen LogP contribution is 2.27. The van der Waals surface area contributed by atoms with Gasteiger partial charge in [-0.15, -0.1) is 0 Å². The van der Waals surface area contributed by atoms with E-state index in [1.807, 2.05) is 32.2 Å². The molecule has 0 saturated heterocycles. The fourth-order valence-corrected chi connectivity index (χ4v) is 2.84. The summed E-state index contributed by atoms with van der Waals surface area (Å²) in [7, 11) is -2.27. The molecule has 114 valence electrons. The molecule has 0 unspecified atom stereocenters. The van der Waals surface area contributed by atoms with Crippen LogP contribution in [0.25, 0.3) is 22.4 Å². The number of nitrogens with one attached hydrogen (secondary N) is 1. The first-order valence-corrected chi connectivity index (χ1v) is 9.13. The SMILES string of the molecule is Cc1cc(N=S(C)(C)=O)nc(-c2cc(C)nc3[nH]ccc23)n1. The van der Waals surface area contributed by atoms with Gasteiger partial charge in [0.05, 0.1) is 0 Å². The summed E-state index contributed by atoms with van der Waals surface area (Å²) >= 11 is 0. The van der Waals surface area contributed by atoms with E-state index in [-0.39, 0.29) is 0 Å². The highest BCUT2D eigenvalue weighted by atomic mass is 32.2. The number of pyridine rings is 1. The molecule has 0 amide bonds. The predicted molar refractivity (Wildman–Crippen MR) is 88.7 cm³/mol. The molecular formula is C15H17N5OS. The van der Waals surface area contributed by atoms with Crippen molar-refractivity contribution in [2.24, 2.45) is 4.36 Å². The Bertz CT molecular complexity index is 975. The average Bonchev–Trinajstić information content (AvgIpc) is 2.82. The van der Waals surface area contributed by atoms with Gasteiger partial charge < -0.3 is 4.98 Å². The lowest BCUT2D eigenvalue weighted by atomic mass is 10.1. The molecule has 22 heavy (non-hydrogen) atoms. The molecule has 0 bridgehead atoms. The maximum atomic E-state index is 11.9. The Kier molecular flexibility index (Phi) is 3.44. The van der Waals surface area contributed by atoms with E-state index >= 15 is 0 Å². The van der Waals surface area contributed by atoms with E-state index in [0.717, 1.165) is 28.0 Å². The van der Waals surface area contributed by atoms with Gasteiger partial charge in [-0.1, -0.05) is 0 Å². The number of nitrogens with zero attached hydrogens (tertiary/aromatic N) is 4. The zero-order chi connectivity index (χ0) is 15.9. The predicted octanol–water partition coefficient (Wildman–Crippen LogP) is 3.00. The maximum Gasteiger partial charge on any atom is 0.165 e. The van der Waals surface area contributed by atoms with Crippen LogP contribution in [-0.2, 0) is 9.73 Å². The maximum absolute atomic E-state index is 11.9. The number of aryl methyl sites for hydroxylation is 2. The molecule has 3 heterocycles. The Balaban J connectivity index is 2.27. The molecule has 0 aromatic carbocycles. The summed E-state index contributed by atoms with van der Waals surface area (Å²) < 4.78 is 16.1. The fourth-order valence-electron chi connectivity index (χ4n) is 2.30. The van der Waals surface area contributed by atoms with Gasteiger partial charge in [0.2, 0.25) is 0 Å². The van der Waals surface area contributed by atoms with Crippen molar-refractivity contribution in [3.63, 3.8) is 0 Å². The second-order valence-electron chi connectivity index (χ2n) is 5.51. The molecule has 0 atom stereocenters. The summed E-state index contributed by atoms with van der Waals surface area (Å²) in [6.07, 6.45) is 5.02. The Morgan fingerprint density at radius 2 is 1.82 bits per heavy atom. The van der Waals surface area contributed by atoms with E-state index in [1.165, 1.54) is 0 Å². The summed E-state index contributed by atoms with van der Waals surface area (Å²) in [6, 6.07) is 5.63. The third-order valence-corrected chi connectivity index (χ3v) is 3.68. The van der Waals surface area contributed by atoms with Gasteiger partial charge in [0.25, 0.3) is 0 Å². The van der Waals surface area contributed by atoms with Gasteiger partial charge in [0.1, 0.15) is 5.65 Å². The Labute approximate surface area is 129 Å². The van der Waals surface area contributed by atoms with E-state index in [2.05, 4.69) is 24.3 Å². The lowest BCUT2D eigenvalue weighted by molar-refractivity contribution is 0.684. The topological polar surface area (TPSA) is 83.9 Å². The first-order valence-electron chi connectivity index (χ1n) is 6.80. The van der Waals surface area contributed by atoms with Crippen LogP contribution >= 0.6 is 0 Å². The molecule has 0 aliphatic heterocycles. The quantitative estimate of drug-likeness (QED) is 0.788. The first-order chi connectivity index (χ1) is 10.3. The van der Waals surface area contributed by atoms with Crippen LogP contribution < -0.4 is 0 Å². The van der Waals surface area contributed by atoms with Crippen molar-refractivity contribution in [2.75, 3.05) is 12.5 Å². The van der Waals surface area contributed by atoms with Gasteiger partial charge in [-0.2, -0.15) is 4.36 Å². The number of fused-ring (bicyclic) bond motifs is 1. The van der Waals surface area contributed by atoms with Crippen LogP contribution in [0, 0.1) is 13.8 Å². The monoisotopic (exact) mass is 315 g/mol. The number of aromatic amines is 1. The lowest BCUT2D eigenvalue weighted by Crippen LogP contribution is -1.96. The van der Waals surface area contributed by atoms with Gasteiger partial charge in [0, 0.05) is 56.8 Å². The summed E-state index contributed by atoms with van der Waals surface area (Å²) in [4.78, 5) is 16.5. The van der Waals surface area contributed by atoms with E-state index in [4.69, 9.17) is 0 Å². The summed E-state index contributed by atoms with van der Waals surface area (Å²) in [5.41, 5.74) is 3.35. The minimum Gasteiger partial charge on any atom is -0.346 e. The molecule has 0 aliphatic carbocycles. The van der Waals surface area contributed by atoms with Crippen molar-refractivity contribution < 1.29 is 4.21 Å². The minimum atomic E-state index is -2.27. The molecule has 0 spiro atoms. The standard InChI is InChI=1S/C15H17N5OS/c1-9-7-12(11-5-6-16-14(11)17-9)15-18-10(2)8-13(19-15)20-22(3,4)21/h5-8H,1-4H3,(H,16,17). The molecule has 0 aliphatic rings. The van der Waals surface area contributed by atoms with Crippen molar-refractivity contribution in [2.45, 2.75) is 13.8 Å². The highest BCUT2D eigenvalue weighted by molar-refractivity contribution is 7.92. The van der Waals surface area contributed by atoms with Crippen LogP contribution in [0.5, 0.6) is 0 Å². The summed E-state index contributed by atoms with van der Waals surface area (Å²) in [5.74, 6) is 1.01. The Hall–Kier alpha value is -2.28. The van der Waals surface area contributed by atoms with Crippen molar-refractivity contribution in [3.05, 3.63) is 35.8 Å². The van der Waals surface area contributed by atoms with Crippen LogP contribution in [0.2, 0.25) is 0 Å². The zero-order valence-electron chi connectivity index (χ0n) is 12.9. The molecule has 0 fully saturated rings. The number of hydrogen-bond acceptors (Lipinski definition) is 5. The second-order valence-corrected chi connectivity index (χ2v) is 8.06. The molecule has 0 radical (unpaired) electrons. The van der Waals surface area contributed by atoms with Gasteiger partial charge in [-0.25, -0.2) is 19.2 Å². The molecular weight excluding hydrogens is 298 g/mol. The Morgan fingerprint density at radius 3 is 2.55 bits per heavy atom. The molecule has 3 rings (SSSR count). The van der Waals surface area contributed by atoms with Crippen molar-refractivity contribution in [1.82, 2.24) is 19.9 Å². The minimum absolute atomic E-state index is 0.440. The Morgan fingerprint density at radius 1 is 1.09 bits per heavy atom. The van der Waals surface area contributed by atoms with Gasteiger partial charge in [-0.05, 0) is 26.0 Å². The van der Waals surface area contributed by atoms with Crippen molar-refractivity contribution >= 4 is 26.6 Å². The van der Waals surface area contributed by atoms with Crippen LogP contribution in [0.15, 0.2) is 28.8 Å².